The van der Waals surface area contributed by atoms with Crippen LogP contribution in [0.1, 0.15) is 37.8 Å². The predicted molar refractivity (Wildman–Crippen MR) is 85.3 cm³/mol. The van der Waals surface area contributed by atoms with Crippen molar-refractivity contribution in [3.63, 3.8) is 0 Å². The molecule has 2 unspecified atom stereocenters. The SMILES string of the molecule is CCOC(=O)C1CC(N2CCCC2=O)c2cc(OC)ccc2N1. The zero-order valence-electron chi connectivity index (χ0n) is 13.5. The van der Waals surface area contributed by atoms with E-state index in [-0.39, 0.29) is 17.9 Å². The maximum absolute atomic E-state index is 12.2. The van der Waals surface area contributed by atoms with Crippen LogP contribution < -0.4 is 10.1 Å². The van der Waals surface area contributed by atoms with Gasteiger partial charge in [-0.1, -0.05) is 0 Å². The number of methoxy groups -OCH3 is 1. The fraction of sp³-hybridized carbons (Fsp3) is 0.529. The van der Waals surface area contributed by atoms with Crippen LogP contribution in [-0.4, -0.2) is 43.1 Å². The number of fused-ring (bicyclic) bond motifs is 1. The summed E-state index contributed by atoms with van der Waals surface area (Å²) in [7, 11) is 1.62. The molecule has 0 aromatic heterocycles. The van der Waals surface area contributed by atoms with Gasteiger partial charge in [-0.25, -0.2) is 4.79 Å². The summed E-state index contributed by atoms with van der Waals surface area (Å²) in [5.74, 6) is 0.621. The number of benzene rings is 1. The normalized spacial score (nSPS) is 23.2. The van der Waals surface area contributed by atoms with Gasteiger partial charge in [0.05, 0.1) is 19.8 Å². The number of anilines is 1. The van der Waals surface area contributed by atoms with Crippen LogP contribution in [0.2, 0.25) is 0 Å². The summed E-state index contributed by atoms with van der Waals surface area (Å²) in [4.78, 5) is 26.2. The number of rotatable bonds is 4. The Labute approximate surface area is 135 Å². The molecule has 0 spiro atoms. The number of nitrogens with one attached hydrogen (secondary N) is 1. The number of hydrogen-bond acceptors (Lipinski definition) is 5. The molecule has 6 heteroatoms. The Kier molecular flexibility index (Phi) is 4.41. The van der Waals surface area contributed by atoms with Crippen LogP contribution in [0.4, 0.5) is 5.69 Å². The molecule has 2 aliphatic heterocycles. The fourth-order valence-corrected chi connectivity index (χ4v) is 3.36. The quantitative estimate of drug-likeness (QED) is 0.861. The summed E-state index contributed by atoms with van der Waals surface area (Å²) in [5, 5.41) is 3.23. The van der Waals surface area contributed by atoms with Crippen molar-refractivity contribution < 1.29 is 19.1 Å². The molecule has 2 heterocycles. The van der Waals surface area contributed by atoms with Gasteiger partial charge >= 0.3 is 5.97 Å². The third-order valence-electron chi connectivity index (χ3n) is 4.46. The second-order valence-electron chi connectivity index (χ2n) is 5.84. The van der Waals surface area contributed by atoms with Crippen LogP contribution in [0.15, 0.2) is 18.2 Å². The minimum Gasteiger partial charge on any atom is -0.497 e. The van der Waals surface area contributed by atoms with E-state index in [0.29, 0.717) is 19.4 Å². The van der Waals surface area contributed by atoms with Crippen LogP contribution in [0.3, 0.4) is 0 Å². The average molecular weight is 318 g/mol. The van der Waals surface area contributed by atoms with Crippen LogP contribution in [0.5, 0.6) is 5.75 Å². The van der Waals surface area contributed by atoms with Crippen molar-refractivity contribution in [3.8, 4) is 5.75 Å². The molecule has 1 N–H and O–H groups in total. The van der Waals surface area contributed by atoms with Crippen LogP contribution in [0.25, 0.3) is 0 Å². The topological polar surface area (TPSA) is 67.9 Å². The molecule has 1 aromatic rings. The molecule has 6 nitrogen and oxygen atoms in total. The lowest BCUT2D eigenvalue weighted by atomic mass is 9.91. The number of amides is 1. The third-order valence-corrected chi connectivity index (χ3v) is 4.46. The lowest BCUT2D eigenvalue weighted by Crippen LogP contribution is -2.42. The Morgan fingerprint density at radius 3 is 2.91 bits per heavy atom. The lowest BCUT2D eigenvalue weighted by molar-refractivity contribution is -0.145. The highest BCUT2D eigenvalue weighted by molar-refractivity contribution is 5.83. The molecular formula is C17H22N2O4. The highest BCUT2D eigenvalue weighted by Gasteiger charge is 2.38. The summed E-state index contributed by atoms with van der Waals surface area (Å²) in [5.41, 5.74) is 1.86. The van der Waals surface area contributed by atoms with Gasteiger partial charge in [-0.2, -0.15) is 0 Å². The van der Waals surface area contributed by atoms with Gasteiger partial charge in [0.25, 0.3) is 0 Å². The first-order valence-electron chi connectivity index (χ1n) is 8.04. The minimum atomic E-state index is -0.436. The van der Waals surface area contributed by atoms with Crippen molar-refractivity contribution in [3.05, 3.63) is 23.8 Å². The maximum Gasteiger partial charge on any atom is 0.328 e. The third kappa shape index (κ3) is 2.98. The van der Waals surface area contributed by atoms with E-state index >= 15 is 0 Å². The monoisotopic (exact) mass is 318 g/mol. The van der Waals surface area contributed by atoms with E-state index in [1.54, 1.807) is 14.0 Å². The highest BCUT2D eigenvalue weighted by atomic mass is 16.5. The van der Waals surface area contributed by atoms with Gasteiger partial charge in [-0.3, -0.25) is 4.79 Å². The first-order chi connectivity index (χ1) is 11.1. The summed E-state index contributed by atoms with van der Waals surface area (Å²) in [6, 6.07) is 5.13. The molecule has 1 saturated heterocycles. The summed E-state index contributed by atoms with van der Waals surface area (Å²) in [6.45, 7) is 2.87. The second kappa shape index (κ2) is 6.48. The molecule has 124 valence electrons. The van der Waals surface area contributed by atoms with E-state index in [4.69, 9.17) is 9.47 Å². The second-order valence-corrected chi connectivity index (χ2v) is 5.84. The fourth-order valence-electron chi connectivity index (χ4n) is 3.36. The molecule has 3 rings (SSSR count). The van der Waals surface area contributed by atoms with Gasteiger partial charge in [0, 0.05) is 30.6 Å². The van der Waals surface area contributed by atoms with E-state index in [1.807, 2.05) is 23.1 Å². The highest BCUT2D eigenvalue weighted by Crippen LogP contribution is 2.40. The zero-order chi connectivity index (χ0) is 16.4. The Hall–Kier alpha value is -2.24. The number of esters is 1. The molecule has 0 saturated carbocycles. The number of likely N-dealkylation sites (tertiary alicyclic amines) is 1. The van der Waals surface area contributed by atoms with E-state index in [1.165, 1.54) is 0 Å². The van der Waals surface area contributed by atoms with E-state index < -0.39 is 6.04 Å². The molecule has 0 aliphatic carbocycles. The molecule has 1 amide bonds. The molecule has 1 aromatic carbocycles. The van der Waals surface area contributed by atoms with Crippen LogP contribution in [-0.2, 0) is 14.3 Å². The number of nitrogens with zero attached hydrogens (tertiary/aromatic N) is 1. The molecule has 2 atom stereocenters. The van der Waals surface area contributed by atoms with Gasteiger partial charge in [-0.05, 0) is 31.5 Å². The molecule has 2 aliphatic rings. The van der Waals surface area contributed by atoms with E-state index in [9.17, 15) is 9.59 Å². The van der Waals surface area contributed by atoms with Crippen molar-refractivity contribution in [2.75, 3.05) is 25.6 Å². The van der Waals surface area contributed by atoms with Crippen molar-refractivity contribution in [1.29, 1.82) is 0 Å². The van der Waals surface area contributed by atoms with Crippen molar-refractivity contribution >= 4 is 17.6 Å². The van der Waals surface area contributed by atoms with Crippen molar-refractivity contribution in [1.82, 2.24) is 4.90 Å². The average Bonchev–Trinajstić information content (AvgIpc) is 2.99. The van der Waals surface area contributed by atoms with Crippen LogP contribution in [0, 0.1) is 0 Å². The van der Waals surface area contributed by atoms with Gasteiger partial charge in [0.2, 0.25) is 5.91 Å². The number of carbonyl (C=O) groups is 2. The Morgan fingerprint density at radius 1 is 1.43 bits per heavy atom. The summed E-state index contributed by atoms with van der Waals surface area (Å²) in [6.07, 6.45) is 1.96. The molecular weight excluding hydrogens is 296 g/mol. The maximum atomic E-state index is 12.2. The first-order valence-corrected chi connectivity index (χ1v) is 8.04. The zero-order valence-corrected chi connectivity index (χ0v) is 13.5. The van der Waals surface area contributed by atoms with E-state index in [2.05, 4.69) is 5.32 Å². The first kappa shape index (κ1) is 15.6. The summed E-state index contributed by atoms with van der Waals surface area (Å²) >= 11 is 0. The predicted octanol–water partition coefficient (Wildman–Crippen LogP) is 2.11. The number of hydrogen-bond donors (Lipinski definition) is 1. The molecule has 1 fully saturated rings. The largest absolute Gasteiger partial charge is 0.497 e. The van der Waals surface area contributed by atoms with Gasteiger partial charge in [0.1, 0.15) is 11.8 Å². The van der Waals surface area contributed by atoms with E-state index in [0.717, 1.165) is 30.0 Å². The van der Waals surface area contributed by atoms with Gasteiger partial charge in [0.15, 0.2) is 0 Å². The number of ether oxygens (including phenoxy) is 2. The molecule has 0 radical (unpaired) electrons. The smallest absolute Gasteiger partial charge is 0.328 e. The van der Waals surface area contributed by atoms with Crippen molar-refractivity contribution in [2.24, 2.45) is 0 Å². The Bertz CT molecular complexity index is 617. The lowest BCUT2D eigenvalue weighted by Gasteiger charge is -2.37. The van der Waals surface area contributed by atoms with Gasteiger partial charge < -0.3 is 19.7 Å². The Morgan fingerprint density at radius 2 is 2.26 bits per heavy atom. The minimum absolute atomic E-state index is 0.120. The molecule has 0 bridgehead atoms. The molecule has 23 heavy (non-hydrogen) atoms. The Balaban J connectivity index is 1.95. The van der Waals surface area contributed by atoms with Gasteiger partial charge in [-0.15, -0.1) is 0 Å². The summed E-state index contributed by atoms with van der Waals surface area (Å²) < 4.78 is 10.5. The standard InChI is InChI=1S/C17H22N2O4/c1-3-23-17(21)14-10-15(19-8-4-5-16(19)20)12-9-11(22-2)6-7-13(12)18-14/h6-7,9,14-15,18H,3-5,8,10H2,1-2H3. The van der Waals surface area contributed by atoms with Crippen LogP contribution >= 0.6 is 0 Å². The number of carbonyl (C=O) groups excluding carboxylic acids is 2. The van der Waals surface area contributed by atoms with Crippen molar-refractivity contribution in [2.45, 2.75) is 38.3 Å².